The third-order valence-corrected chi connectivity index (χ3v) is 9.85. The Balaban J connectivity index is 1.75. The van der Waals surface area contributed by atoms with Crippen molar-refractivity contribution in [1.82, 2.24) is 20.4 Å². The number of carbonyl (C=O) groups excluding carboxylic acids is 5. The number of piperidine rings is 1. The Labute approximate surface area is 315 Å². The fourth-order valence-electron chi connectivity index (χ4n) is 7.01. The highest BCUT2D eigenvalue weighted by atomic mass is 16.5. The largest absolute Gasteiger partial charge is 0.453 e. The molecule has 3 rings (SSSR count). The first-order valence-electron chi connectivity index (χ1n) is 19.3. The summed E-state index contributed by atoms with van der Waals surface area (Å²) in [5.41, 5.74) is 13.9. The molecule has 1 heterocycles. The zero-order chi connectivity index (χ0) is 38.8. The highest BCUT2D eigenvalue weighted by Gasteiger charge is 2.35. The van der Waals surface area contributed by atoms with E-state index in [4.69, 9.17) is 16.2 Å². The number of amides is 4. The number of unbranched alkanes of at least 4 members (excludes halogenated alkanes) is 1. The molecular weight excluding hydrogens is 672 g/mol. The van der Waals surface area contributed by atoms with Crippen LogP contribution >= 0.6 is 0 Å². The maximum absolute atomic E-state index is 14.1. The van der Waals surface area contributed by atoms with E-state index in [1.807, 2.05) is 81.4 Å². The van der Waals surface area contributed by atoms with E-state index < -0.39 is 30.0 Å². The number of hydrogen-bond acceptors (Lipinski definition) is 8. The number of likely N-dealkylation sites (tertiary alicyclic amines) is 1. The van der Waals surface area contributed by atoms with Gasteiger partial charge in [-0.3, -0.25) is 19.2 Å². The van der Waals surface area contributed by atoms with Crippen LogP contribution in [0.15, 0.2) is 60.7 Å². The van der Waals surface area contributed by atoms with Crippen molar-refractivity contribution in [3.63, 3.8) is 0 Å². The van der Waals surface area contributed by atoms with Crippen molar-refractivity contribution in [2.75, 3.05) is 33.3 Å². The number of hydrogen-bond donors (Lipinski definition) is 4. The van der Waals surface area contributed by atoms with Gasteiger partial charge in [0, 0.05) is 38.0 Å². The van der Waals surface area contributed by atoms with E-state index in [0.29, 0.717) is 71.1 Å². The van der Waals surface area contributed by atoms with Gasteiger partial charge in [-0.15, -0.1) is 0 Å². The lowest BCUT2D eigenvalue weighted by molar-refractivity contribution is -0.139. The van der Waals surface area contributed by atoms with Crippen molar-refractivity contribution >= 4 is 29.6 Å². The highest BCUT2D eigenvalue weighted by molar-refractivity contribution is 5.95. The Bertz CT molecular complexity index is 1430. The number of methoxy groups -OCH3 is 1. The lowest BCUT2D eigenvalue weighted by atomic mass is 9.88. The van der Waals surface area contributed by atoms with Gasteiger partial charge >= 0.3 is 6.09 Å². The lowest BCUT2D eigenvalue weighted by Gasteiger charge is -2.39. The summed E-state index contributed by atoms with van der Waals surface area (Å²) in [6.45, 7) is 7.92. The summed E-state index contributed by atoms with van der Waals surface area (Å²) in [7, 11) is 1.38. The minimum absolute atomic E-state index is 0.0321. The Morgan fingerprint density at radius 1 is 0.868 bits per heavy atom. The summed E-state index contributed by atoms with van der Waals surface area (Å²) in [6.07, 6.45) is 4.31. The SMILES string of the molecule is CCCN(C(=O)OC)C1CCN(C(=O)[C@@H](CCCCN)NC(=O)[C@H](CC(=O)[C@@H](Cc2ccccc2)NC(=O)[C@H](N)Cc2ccccc2)CC(C)C)CC1. The van der Waals surface area contributed by atoms with Crippen LogP contribution in [-0.4, -0.2) is 96.9 Å². The highest BCUT2D eigenvalue weighted by Crippen LogP contribution is 2.22. The van der Waals surface area contributed by atoms with Gasteiger partial charge in [-0.2, -0.15) is 0 Å². The van der Waals surface area contributed by atoms with E-state index in [2.05, 4.69) is 10.6 Å². The molecule has 6 N–H and O–H groups in total. The Morgan fingerprint density at radius 2 is 1.45 bits per heavy atom. The van der Waals surface area contributed by atoms with E-state index in [9.17, 15) is 24.0 Å². The number of ketones is 1. The fraction of sp³-hybridized carbons (Fsp3) is 0.585. The van der Waals surface area contributed by atoms with Crippen LogP contribution in [0.1, 0.15) is 83.3 Å². The van der Waals surface area contributed by atoms with E-state index >= 15 is 0 Å². The van der Waals surface area contributed by atoms with Crippen molar-refractivity contribution in [3.8, 4) is 0 Å². The van der Waals surface area contributed by atoms with E-state index in [0.717, 1.165) is 17.5 Å². The monoisotopic (exact) mass is 734 g/mol. The standard InChI is InChI=1S/C41H62N6O6/c1-5-22-47(41(52)53-4)33-19-23-46(24-20-33)40(51)35(18-12-13-21-42)44-38(49)32(25-29(2)3)28-37(48)36(27-31-16-10-7-11-17-31)45-39(50)34(43)26-30-14-8-6-9-15-30/h6-11,14-17,29,32-36H,5,12-13,18-28,42-43H2,1-4H3,(H,44,49)(H,45,50)/t32-,34+,35+,36+/m0/s1. The van der Waals surface area contributed by atoms with Gasteiger partial charge in [-0.25, -0.2) is 4.79 Å². The molecule has 0 saturated carbocycles. The Kier molecular flexibility index (Phi) is 18.5. The first-order chi connectivity index (χ1) is 25.5. The van der Waals surface area contributed by atoms with Crippen LogP contribution in [0, 0.1) is 11.8 Å². The second kappa shape index (κ2) is 22.7. The number of nitrogens with two attached hydrogens (primary N) is 2. The van der Waals surface area contributed by atoms with Gasteiger partial charge < -0.3 is 36.6 Å². The Hall–Kier alpha value is -4.29. The molecule has 4 amide bonds. The van der Waals surface area contributed by atoms with Crippen LogP contribution < -0.4 is 22.1 Å². The summed E-state index contributed by atoms with van der Waals surface area (Å²) in [5, 5.41) is 5.92. The summed E-state index contributed by atoms with van der Waals surface area (Å²) >= 11 is 0. The van der Waals surface area contributed by atoms with Gasteiger partial charge in [0.2, 0.25) is 17.7 Å². The maximum Gasteiger partial charge on any atom is 0.409 e. The van der Waals surface area contributed by atoms with Crippen LogP contribution in [0.3, 0.4) is 0 Å². The molecular formula is C41H62N6O6. The van der Waals surface area contributed by atoms with Crippen LogP contribution in [-0.2, 0) is 36.8 Å². The lowest BCUT2D eigenvalue weighted by Crippen LogP contribution is -2.55. The van der Waals surface area contributed by atoms with Crippen molar-refractivity contribution in [2.24, 2.45) is 23.3 Å². The fourth-order valence-corrected chi connectivity index (χ4v) is 7.01. The van der Waals surface area contributed by atoms with Crippen molar-refractivity contribution in [3.05, 3.63) is 71.8 Å². The molecule has 53 heavy (non-hydrogen) atoms. The first-order valence-corrected chi connectivity index (χ1v) is 19.3. The molecule has 12 nitrogen and oxygen atoms in total. The zero-order valence-electron chi connectivity index (χ0n) is 32.1. The topological polar surface area (TPSA) is 177 Å². The molecule has 0 radical (unpaired) electrons. The van der Waals surface area contributed by atoms with Gasteiger partial charge in [0.25, 0.3) is 0 Å². The van der Waals surface area contributed by atoms with Crippen LogP contribution in [0.2, 0.25) is 0 Å². The predicted octanol–water partition coefficient (Wildman–Crippen LogP) is 3.99. The molecule has 0 spiro atoms. The summed E-state index contributed by atoms with van der Waals surface area (Å²) in [6, 6.07) is 16.3. The molecule has 0 aromatic heterocycles. The molecule has 1 saturated heterocycles. The molecule has 292 valence electrons. The van der Waals surface area contributed by atoms with Gasteiger partial charge in [0.15, 0.2) is 5.78 Å². The van der Waals surface area contributed by atoms with E-state index in [1.165, 1.54) is 7.11 Å². The third-order valence-electron chi connectivity index (χ3n) is 9.85. The first kappa shape index (κ1) is 43.1. The van der Waals surface area contributed by atoms with Crippen molar-refractivity contribution in [2.45, 2.75) is 109 Å². The molecule has 0 bridgehead atoms. The minimum atomic E-state index is -0.894. The van der Waals surface area contributed by atoms with Gasteiger partial charge in [-0.05, 0) is 81.4 Å². The molecule has 1 aliphatic rings. The normalized spacial score (nSPS) is 15.6. The van der Waals surface area contributed by atoms with Crippen LogP contribution in [0.5, 0.6) is 0 Å². The number of Topliss-reactive ketones (excluding diaryl/α,β-unsaturated/α-hetero) is 1. The number of nitrogens with zero attached hydrogens (tertiary/aromatic N) is 2. The van der Waals surface area contributed by atoms with Crippen molar-refractivity contribution in [1.29, 1.82) is 0 Å². The van der Waals surface area contributed by atoms with Crippen LogP contribution in [0.4, 0.5) is 4.79 Å². The smallest absolute Gasteiger partial charge is 0.409 e. The zero-order valence-corrected chi connectivity index (χ0v) is 32.1. The number of nitrogens with one attached hydrogen (secondary N) is 2. The average molecular weight is 735 g/mol. The number of benzene rings is 2. The molecule has 1 aliphatic heterocycles. The van der Waals surface area contributed by atoms with Gasteiger partial charge in [0.1, 0.15) is 6.04 Å². The number of ether oxygens (including phenoxy) is 1. The predicted molar refractivity (Wildman–Crippen MR) is 207 cm³/mol. The van der Waals surface area contributed by atoms with Crippen LogP contribution in [0.25, 0.3) is 0 Å². The molecule has 1 fully saturated rings. The van der Waals surface area contributed by atoms with Crippen molar-refractivity contribution < 1.29 is 28.7 Å². The second-order valence-corrected chi connectivity index (χ2v) is 14.6. The second-order valence-electron chi connectivity index (χ2n) is 14.6. The maximum atomic E-state index is 14.1. The quantitative estimate of drug-likeness (QED) is 0.139. The third kappa shape index (κ3) is 14.2. The van der Waals surface area contributed by atoms with Gasteiger partial charge in [-0.1, -0.05) is 81.4 Å². The van der Waals surface area contributed by atoms with E-state index in [-0.39, 0.29) is 48.5 Å². The van der Waals surface area contributed by atoms with Gasteiger partial charge in [0.05, 0.1) is 19.2 Å². The number of carbonyl (C=O) groups is 5. The summed E-state index contributed by atoms with van der Waals surface area (Å²) in [4.78, 5) is 71.3. The molecule has 0 unspecified atom stereocenters. The average Bonchev–Trinajstić information content (AvgIpc) is 3.16. The minimum Gasteiger partial charge on any atom is -0.453 e. The summed E-state index contributed by atoms with van der Waals surface area (Å²) < 4.78 is 5.00. The molecule has 2 aromatic carbocycles. The van der Waals surface area contributed by atoms with E-state index in [1.54, 1.807) is 9.80 Å². The number of rotatable bonds is 21. The molecule has 0 aliphatic carbocycles. The Morgan fingerprint density at radius 3 is 2.00 bits per heavy atom. The molecule has 2 aromatic rings. The molecule has 12 heteroatoms. The summed E-state index contributed by atoms with van der Waals surface area (Å²) in [5.74, 6) is -1.87. The molecule has 4 atom stereocenters.